The minimum atomic E-state index is -0.971. The quantitative estimate of drug-likeness (QED) is 0.290. The fourth-order valence-electron chi connectivity index (χ4n) is 3.92. The third kappa shape index (κ3) is 8.27. The van der Waals surface area contributed by atoms with Crippen LogP contribution in [-0.4, -0.2) is 53.6 Å². The molecule has 1 aliphatic heterocycles. The number of hydrogen-bond donors (Lipinski definition) is 1. The lowest BCUT2D eigenvalue weighted by Gasteiger charge is -2.26. The number of hydrogen-bond acceptors (Lipinski definition) is 5. The molecule has 180 valence electrons. The van der Waals surface area contributed by atoms with E-state index in [-0.39, 0.29) is 0 Å². The van der Waals surface area contributed by atoms with Gasteiger partial charge in [-0.15, -0.1) is 11.8 Å². The molecule has 0 spiro atoms. The first-order valence-electron chi connectivity index (χ1n) is 12.1. The molecule has 0 aromatic heterocycles. The van der Waals surface area contributed by atoms with Crippen molar-refractivity contribution in [2.45, 2.75) is 62.0 Å². The average Bonchev–Trinajstić information content (AvgIpc) is 2.82. The van der Waals surface area contributed by atoms with Gasteiger partial charge in [0.15, 0.2) is 0 Å². The van der Waals surface area contributed by atoms with Crippen LogP contribution in [-0.2, 0) is 11.2 Å². The lowest BCUT2D eigenvalue weighted by molar-refractivity contribution is -0.139. The molecule has 5 nitrogen and oxygen atoms in total. The van der Waals surface area contributed by atoms with Crippen molar-refractivity contribution in [1.82, 2.24) is 4.90 Å². The number of unbranched alkanes of at least 4 members (excludes halogenated alkanes) is 1. The maximum Gasteiger partial charge on any atom is 0.320 e. The number of ether oxygens (including phenoxy) is 2. The van der Waals surface area contributed by atoms with Gasteiger partial charge in [0, 0.05) is 11.4 Å². The van der Waals surface area contributed by atoms with E-state index < -0.39 is 10.7 Å². The highest BCUT2D eigenvalue weighted by Crippen LogP contribution is 2.37. The number of likely N-dealkylation sites (tertiary alicyclic amines) is 1. The van der Waals surface area contributed by atoms with Gasteiger partial charge in [-0.2, -0.15) is 0 Å². The summed E-state index contributed by atoms with van der Waals surface area (Å²) in [6.07, 6.45) is 6.45. The van der Waals surface area contributed by atoms with Crippen LogP contribution in [0.4, 0.5) is 0 Å². The van der Waals surface area contributed by atoms with Crippen LogP contribution in [0.3, 0.4) is 0 Å². The molecule has 1 N–H and O–H groups in total. The van der Waals surface area contributed by atoms with Gasteiger partial charge >= 0.3 is 5.97 Å². The number of rotatable bonds is 13. The van der Waals surface area contributed by atoms with Crippen LogP contribution in [0.15, 0.2) is 53.4 Å². The van der Waals surface area contributed by atoms with Crippen LogP contribution in [0, 0.1) is 0 Å². The second-order valence-electron chi connectivity index (χ2n) is 8.88. The first-order valence-corrected chi connectivity index (χ1v) is 12.9. The highest BCUT2D eigenvalue weighted by Gasteiger charge is 2.34. The number of nitrogens with zero attached hydrogens (tertiary/aromatic N) is 1. The number of carboxylic acid groups (broad SMARTS) is 1. The number of aliphatic carboxylic acids is 1. The minimum absolute atomic E-state index is 0.426. The van der Waals surface area contributed by atoms with E-state index in [1.54, 1.807) is 6.92 Å². The first-order chi connectivity index (χ1) is 16.0. The van der Waals surface area contributed by atoms with Crippen LogP contribution in [0.1, 0.15) is 51.5 Å². The molecule has 2 aromatic rings. The Kier molecular flexibility index (Phi) is 9.95. The SMILES string of the molecule is CCCCOc1ccc(SC(C)(Cc2ccc(OCCN3CCCCC3)cc2)C(=O)O)cc1. The van der Waals surface area contributed by atoms with Gasteiger partial charge in [0.25, 0.3) is 0 Å². The van der Waals surface area contributed by atoms with E-state index in [1.807, 2.05) is 48.5 Å². The van der Waals surface area contributed by atoms with Gasteiger partial charge in [0.05, 0.1) is 6.61 Å². The number of piperidine rings is 1. The van der Waals surface area contributed by atoms with Gasteiger partial charge < -0.3 is 14.6 Å². The fraction of sp³-hybridized carbons (Fsp3) is 0.519. The second kappa shape index (κ2) is 12.9. The molecule has 0 radical (unpaired) electrons. The van der Waals surface area contributed by atoms with E-state index in [9.17, 15) is 9.90 Å². The molecule has 33 heavy (non-hydrogen) atoms. The standard InChI is InChI=1S/C27H37NO4S/c1-3-4-19-31-24-12-14-25(15-13-24)33-27(2,26(29)30)21-22-8-10-23(11-9-22)32-20-18-28-16-6-5-7-17-28/h8-15H,3-7,16-21H2,1-2H3,(H,29,30). The summed E-state index contributed by atoms with van der Waals surface area (Å²) in [5.41, 5.74) is 0.982. The Balaban J connectivity index is 1.53. The Morgan fingerprint density at radius 3 is 2.18 bits per heavy atom. The van der Waals surface area contributed by atoms with E-state index in [2.05, 4.69) is 11.8 Å². The number of thioether (sulfide) groups is 1. The van der Waals surface area contributed by atoms with E-state index in [0.29, 0.717) is 19.6 Å². The predicted octanol–water partition coefficient (Wildman–Crippen LogP) is 5.91. The van der Waals surface area contributed by atoms with Crippen molar-refractivity contribution in [3.8, 4) is 11.5 Å². The van der Waals surface area contributed by atoms with E-state index in [1.165, 1.54) is 44.1 Å². The molecule has 0 bridgehead atoms. The monoisotopic (exact) mass is 471 g/mol. The highest BCUT2D eigenvalue weighted by atomic mass is 32.2. The summed E-state index contributed by atoms with van der Waals surface area (Å²) in [5.74, 6) is 0.831. The van der Waals surface area contributed by atoms with Gasteiger partial charge in [-0.05, 0) is 87.7 Å². The third-order valence-corrected chi connectivity index (χ3v) is 7.25. The molecular weight excluding hydrogens is 434 g/mol. The summed E-state index contributed by atoms with van der Waals surface area (Å²) in [5, 5.41) is 9.97. The lowest BCUT2D eigenvalue weighted by Crippen LogP contribution is -2.34. The van der Waals surface area contributed by atoms with Crippen LogP contribution >= 0.6 is 11.8 Å². The Hall–Kier alpha value is -2.18. The van der Waals surface area contributed by atoms with Crippen molar-refractivity contribution in [3.63, 3.8) is 0 Å². The minimum Gasteiger partial charge on any atom is -0.494 e. The molecule has 2 aromatic carbocycles. The van der Waals surface area contributed by atoms with Crippen molar-refractivity contribution >= 4 is 17.7 Å². The van der Waals surface area contributed by atoms with Crippen LogP contribution in [0.5, 0.6) is 11.5 Å². The molecule has 0 saturated carbocycles. The molecule has 3 rings (SSSR count). The molecule has 0 amide bonds. The fourth-order valence-corrected chi connectivity index (χ4v) is 5.04. The smallest absolute Gasteiger partial charge is 0.320 e. The predicted molar refractivity (Wildman–Crippen MR) is 135 cm³/mol. The van der Waals surface area contributed by atoms with Gasteiger partial charge in [-0.3, -0.25) is 9.69 Å². The molecule has 1 saturated heterocycles. The molecule has 1 unspecified atom stereocenters. The summed E-state index contributed by atoms with van der Waals surface area (Å²) in [6, 6.07) is 15.5. The van der Waals surface area contributed by atoms with Crippen molar-refractivity contribution in [3.05, 3.63) is 54.1 Å². The van der Waals surface area contributed by atoms with Crippen LogP contribution in [0.2, 0.25) is 0 Å². The highest BCUT2D eigenvalue weighted by molar-refractivity contribution is 8.01. The van der Waals surface area contributed by atoms with Crippen LogP contribution < -0.4 is 9.47 Å². The maximum atomic E-state index is 12.2. The molecule has 1 atom stereocenters. The summed E-state index contributed by atoms with van der Waals surface area (Å²) >= 11 is 1.37. The molecule has 0 aliphatic carbocycles. The largest absolute Gasteiger partial charge is 0.494 e. The normalized spacial score (nSPS) is 16.2. The topological polar surface area (TPSA) is 59.0 Å². The summed E-state index contributed by atoms with van der Waals surface area (Å²) in [7, 11) is 0. The lowest BCUT2D eigenvalue weighted by atomic mass is 10.0. The van der Waals surface area contributed by atoms with Crippen molar-refractivity contribution in [2.75, 3.05) is 32.8 Å². The van der Waals surface area contributed by atoms with Gasteiger partial charge in [0.2, 0.25) is 0 Å². The van der Waals surface area contributed by atoms with Gasteiger partial charge in [0.1, 0.15) is 22.9 Å². The summed E-state index contributed by atoms with van der Waals surface area (Å²) < 4.78 is 10.6. The van der Waals surface area contributed by atoms with E-state index in [0.717, 1.165) is 41.3 Å². The van der Waals surface area contributed by atoms with Gasteiger partial charge in [-0.25, -0.2) is 0 Å². The zero-order valence-electron chi connectivity index (χ0n) is 19.9. The van der Waals surface area contributed by atoms with Crippen molar-refractivity contribution < 1.29 is 19.4 Å². The van der Waals surface area contributed by atoms with Crippen molar-refractivity contribution in [2.24, 2.45) is 0 Å². The van der Waals surface area contributed by atoms with Gasteiger partial charge in [-0.1, -0.05) is 31.9 Å². The Bertz CT molecular complexity index is 849. The third-order valence-electron chi connectivity index (χ3n) is 5.98. The zero-order chi connectivity index (χ0) is 23.5. The number of carboxylic acids is 1. The van der Waals surface area contributed by atoms with E-state index >= 15 is 0 Å². The second-order valence-corrected chi connectivity index (χ2v) is 10.5. The molecule has 1 aliphatic rings. The first kappa shape index (κ1) is 25.4. The summed E-state index contributed by atoms with van der Waals surface area (Å²) in [6.45, 7) is 8.60. The number of carbonyl (C=O) groups is 1. The zero-order valence-corrected chi connectivity index (χ0v) is 20.7. The Labute approximate surface area is 202 Å². The molecule has 1 heterocycles. The molecule has 6 heteroatoms. The van der Waals surface area contributed by atoms with E-state index in [4.69, 9.17) is 9.47 Å². The Morgan fingerprint density at radius 2 is 1.58 bits per heavy atom. The van der Waals surface area contributed by atoms with Crippen molar-refractivity contribution in [1.29, 1.82) is 0 Å². The van der Waals surface area contributed by atoms with Crippen LogP contribution in [0.25, 0.3) is 0 Å². The molecule has 1 fully saturated rings. The average molecular weight is 472 g/mol. The maximum absolute atomic E-state index is 12.2. The Morgan fingerprint density at radius 1 is 0.970 bits per heavy atom. The number of benzene rings is 2. The summed E-state index contributed by atoms with van der Waals surface area (Å²) in [4.78, 5) is 15.5. The molecular formula is C27H37NO4S.